The molecule has 0 spiro atoms. The van der Waals surface area contributed by atoms with Crippen LogP contribution in [-0.2, 0) is 0 Å². The zero-order valence-corrected chi connectivity index (χ0v) is 11.0. The van der Waals surface area contributed by atoms with E-state index in [4.69, 9.17) is 9.52 Å². The molecule has 100 valence electrons. The van der Waals surface area contributed by atoms with E-state index in [9.17, 15) is 4.79 Å². The molecule has 2 aromatic rings. The number of nitrogens with one attached hydrogen (secondary N) is 1. The first-order chi connectivity index (χ1) is 8.97. The Kier molecular flexibility index (Phi) is 3.50. The van der Waals surface area contributed by atoms with Crippen molar-refractivity contribution in [1.29, 1.82) is 0 Å². The van der Waals surface area contributed by atoms with Gasteiger partial charge in [-0.25, -0.2) is 14.8 Å². The first-order valence-corrected chi connectivity index (χ1v) is 5.87. The number of hydrogen-bond acceptors (Lipinski definition) is 5. The molecule has 6 nitrogen and oxygen atoms in total. The van der Waals surface area contributed by atoms with Crippen molar-refractivity contribution in [3.05, 3.63) is 41.1 Å². The number of aromatic carboxylic acids is 1. The van der Waals surface area contributed by atoms with Gasteiger partial charge in [0.2, 0.25) is 5.95 Å². The van der Waals surface area contributed by atoms with Crippen LogP contribution in [0.1, 0.15) is 40.5 Å². The summed E-state index contributed by atoms with van der Waals surface area (Å²) >= 11 is 0. The number of rotatable bonds is 4. The molecule has 1 unspecified atom stereocenters. The lowest BCUT2D eigenvalue weighted by Crippen LogP contribution is -2.11. The standard InChI is InChI=1S/C13H15N3O3/c1-7-4-5-11(19-7)9(3)16-13-14-6-10(12(17)18)8(2)15-13/h4-6,9H,1-3H3,(H,17,18)(H,14,15,16). The summed E-state index contributed by atoms with van der Waals surface area (Å²) in [4.78, 5) is 19.0. The zero-order valence-electron chi connectivity index (χ0n) is 11.0. The Balaban J connectivity index is 2.15. The minimum Gasteiger partial charge on any atom is -0.478 e. The van der Waals surface area contributed by atoms with Crippen molar-refractivity contribution in [2.24, 2.45) is 0 Å². The fourth-order valence-corrected chi connectivity index (χ4v) is 1.70. The van der Waals surface area contributed by atoms with E-state index in [1.54, 1.807) is 6.92 Å². The van der Waals surface area contributed by atoms with Gasteiger partial charge in [-0.3, -0.25) is 0 Å². The van der Waals surface area contributed by atoms with Crippen LogP contribution in [0.25, 0.3) is 0 Å². The van der Waals surface area contributed by atoms with Crippen LogP contribution in [0, 0.1) is 13.8 Å². The Morgan fingerprint density at radius 3 is 2.68 bits per heavy atom. The number of carboxylic acids is 1. The number of furan rings is 1. The van der Waals surface area contributed by atoms with Crippen molar-refractivity contribution >= 4 is 11.9 Å². The molecule has 0 saturated heterocycles. The molecule has 1 atom stereocenters. The molecule has 0 amide bonds. The SMILES string of the molecule is Cc1ccc(C(C)Nc2ncc(C(=O)O)c(C)n2)o1. The Morgan fingerprint density at radius 2 is 2.16 bits per heavy atom. The zero-order chi connectivity index (χ0) is 14.0. The summed E-state index contributed by atoms with van der Waals surface area (Å²) < 4.78 is 5.50. The minimum atomic E-state index is -1.03. The summed E-state index contributed by atoms with van der Waals surface area (Å²) in [5.41, 5.74) is 0.528. The van der Waals surface area contributed by atoms with Gasteiger partial charge in [0.25, 0.3) is 0 Å². The highest BCUT2D eigenvalue weighted by atomic mass is 16.4. The van der Waals surface area contributed by atoms with Gasteiger partial charge in [0, 0.05) is 6.20 Å². The fourth-order valence-electron chi connectivity index (χ4n) is 1.70. The summed E-state index contributed by atoms with van der Waals surface area (Å²) in [7, 11) is 0. The molecular weight excluding hydrogens is 246 g/mol. The van der Waals surface area contributed by atoms with Gasteiger partial charge in [0.15, 0.2) is 0 Å². The van der Waals surface area contributed by atoms with E-state index >= 15 is 0 Å². The first-order valence-electron chi connectivity index (χ1n) is 5.87. The van der Waals surface area contributed by atoms with E-state index in [0.717, 1.165) is 11.5 Å². The maximum absolute atomic E-state index is 10.9. The predicted octanol–water partition coefficient (Wildman–Crippen LogP) is 2.56. The summed E-state index contributed by atoms with van der Waals surface area (Å²) in [6.07, 6.45) is 1.30. The van der Waals surface area contributed by atoms with E-state index in [-0.39, 0.29) is 11.6 Å². The highest BCUT2D eigenvalue weighted by molar-refractivity contribution is 5.88. The average Bonchev–Trinajstić information content (AvgIpc) is 2.75. The first kappa shape index (κ1) is 13.1. The van der Waals surface area contributed by atoms with Crippen LogP contribution >= 0.6 is 0 Å². The van der Waals surface area contributed by atoms with Gasteiger partial charge in [-0.15, -0.1) is 0 Å². The van der Waals surface area contributed by atoms with Gasteiger partial charge in [0.05, 0.1) is 17.3 Å². The minimum absolute atomic E-state index is 0.0937. The third-order valence-electron chi connectivity index (χ3n) is 2.74. The largest absolute Gasteiger partial charge is 0.478 e. The third-order valence-corrected chi connectivity index (χ3v) is 2.74. The second-order valence-corrected chi connectivity index (χ2v) is 4.31. The molecular formula is C13H15N3O3. The van der Waals surface area contributed by atoms with Gasteiger partial charge in [-0.05, 0) is 32.9 Å². The topological polar surface area (TPSA) is 88.2 Å². The van der Waals surface area contributed by atoms with Crippen molar-refractivity contribution in [3.8, 4) is 0 Å². The van der Waals surface area contributed by atoms with Crippen molar-refractivity contribution in [2.75, 3.05) is 5.32 Å². The smallest absolute Gasteiger partial charge is 0.339 e. The molecule has 0 aliphatic heterocycles. The second-order valence-electron chi connectivity index (χ2n) is 4.31. The second kappa shape index (κ2) is 5.09. The van der Waals surface area contributed by atoms with Crippen LogP contribution in [-0.4, -0.2) is 21.0 Å². The molecule has 2 aromatic heterocycles. The monoisotopic (exact) mass is 261 g/mol. The van der Waals surface area contributed by atoms with Crippen LogP contribution in [0.2, 0.25) is 0 Å². The lowest BCUT2D eigenvalue weighted by molar-refractivity contribution is 0.0695. The Morgan fingerprint density at radius 1 is 1.42 bits per heavy atom. The lowest BCUT2D eigenvalue weighted by atomic mass is 10.2. The van der Waals surface area contributed by atoms with E-state index < -0.39 is 5.97 Å². The number of carboxylic acid groups (broad SMARTS) is 1. The molecule has 0 saturated carbocycles. The molecule has 6 heteroatoms. The number of aryl methyl sites for hydroxylation is 2. The van der Waals surface area contributed by atoms with Gasteiger partial charge in [0.1, 0.15) is 11.5 Å². The predicted molar refractivity (Wildman–Crippen MR) is 69.2 cm³/mol. The molecule has 0 aliphatic rings. The quantitative estimate of drug-likeness (QED) is 0.879. The average molecular weight is 261 g/mol. The van der Waals surface area contributed by atoms with Crippen LogP contribution in [0.15, 0.2) is 22.7 Å². The normalized spacial score (nSPS) is 12.2. The number of aromatic nitrogens is 2. The maximum Gasteiger partial charge on any atom is 0.339 e. The molecule has 2 heterocycles. The number of nitrogens with zero attached hydrogens (tertiary/aromatic N) is 2. The molecule has 0 bridgehead atoms. The molecule has 0 aromatic carbocycles. The Labute approximate surface area is 110 Å². The van der Waals surface area contributed by atoms with Crippen molar-refractivity contribution in [3.63, 3.8) is 0 Å². The number of carbonyl (C=O) groups is 1. The molecule has 0 radical (unpaired) electrons. The van der Waals surface area contributed by atoms with Gasteiger partial charge in [-0.2, -0.15) is 0 Å². The van der Waals surface area contributed by atoms with Gasteiger partial charge < -0.3 is 14.8 Å². The Bertz CT molecular complexity index is 607. The molecule has 2 N–H and O–H groups in total. The molecule has 0 aliphatic carbocycles. The van der Waals surface area contributed by atoms with E-state index in [0.29, 0.717) is 11.6 Å². The van der Waals surface area contributed by atoms with Crippen LogP contribution in [0.5, 0.6) is 0 Å². The van der Waals surface area contributed by atoms with Crippen LogP contribution < -0.4 is 5.32 Å². The van der Waals surface area contributed by atoms with Gasteiger partial charge in [-0.1, -0.05) is 0 Å². The highest BCUT2D eigenvalue weighted by Gasteiger charge is 2.13. The number of hydrogen-bond donors (Lipinski definition) is 2. The van der Waals surface area contributed by atoms with E-state index in [1.165, 1.54) is 6.20 Å². The number of anilines is 1. The van der Waals surface area contributed by atoms with Crippen molar-refractivity contribution < 1.29 is 14.3 Å². The summed E-state index contributed by atoms with van der Waals surface area (Å²) in [6, 6.07) is 3.67. The Hall–Kier alpha value is -2.37. The maximum atomic E-state index is 10.9. The van der Waals surface area contributed by atoms with E-state index in [2.05, 4.69) is 15.3 Å². The third kappa shape index (κ3) is 2.90. The summed E-state index contributed by atoms with van der Waals surface area (Å²) in [5, 5.41) is 12.0. The van der Waals surface area contributed by atoms with Gasteiger partial charge >= 0.3 is 5.97 Å². The summed E-state index contributed by atoms with van der Waals surface area (Å²) in [5.74, 6) is 0.964. The van der Waals surface area contributed by atoms with E-state index in [1.807, 2.05) is 26.0 Å². The van der Waals surface area contributed by atoms with Crippen LogP contribution in [0.3, 0.4) is 0 Å². The molecule has 2 rings (SSSR count). The fraction of sp³-hybridized carbons (Fsp3) is 0.308. The molecule has 19 heavy (non-hydrogen) atoms. The highest BCUT2D eigenvalue weighted by Crippen LogP contribution is 2.19. The van der Waals surface area contributed by atoms with Crippen molar-refractivity contribution in [1.82, 2.24) is 9.97 Å². The lowest BCUT2D eigenvalue weighted by Gasteiger charge is -2.12. The van der Waals surface area contributed by atoms with Crippen LogP contribution in [0.4, 0.5) is 5.95 Å². The molecule has 0 fully saturated rings. The summed E-state index contributed by atoms with van der Waals surface area (Å²) in [6.45, 7) is 5.43. The van der Waals surface area contributed by atoms with Crippen molar-refractivity contribution in [2.45, 2.75) is 26.8 Å².